The quantitative estimate of drug-likeness (QED) is 0.448. The molecule has 152 valence electrons. The number of aromatic nitrogens is 3. The number of rotatable bonds is 7. The molecule has 2 heterocycles. The van der Waals surface area contributed by atoms with Gasteiger partial charge in [-0.05, 0) is 44.2 Å². The van der Waals surface area contributed by atoms with Crippen molar-refractivity contribution in [2.75, 3.05) is 17.7 Å². The van der Waals surface area contributed by atoms with Crippen molar-refractivity contribution in [2.24, 2.45) is 7.05 Å². The zero-order chi connectivity index (χ0) is 21.0. The van der Waals surface area contributed by atoms with Gasteiger partial charge in [-0.2, -0.15) is 0 Å². The van der Waals surface area contributed by atoms with Crippen LogP contribution in [-0.4, -0.2) is 39.0 Å². The maximum atomic E-state index is 13.1. The first-order chi connectivity index (χ1) is 13.9. The lowest BCUT2D eigenvalue weighted by atomic mass is 10.2. The normalized spacial score (nSPS) is 10.8. The van der Waals surface area contributed by atoms with E-state index in [1.165, 1.54) is 35.2 Å². The third-order valence-corrected chi connectivity index (χ3v) is 5.86. The second-order valence-electron chi connectivity index (χ2n) is 6.03. The molecule has 2 aromatic heterocycles. The summed E-state index contributed by atoms with van der Waals surface area (Å²) in [7, 11) is 1.78. The maximum Gasteiger partial charge on any atom is 0.341 e. The first-order valence-corrected chi connectivity index (χ1v) is 10.5. The summed E-state index contributed by atoms with van der Waals surface area (Å²) in [6.45, 7) is 3.85. The fraction of sp³-hybridized carbons (Fsp3) is 0.263. The molecule has 0 fully saturated rings. The topological polar surface area (TPSA) is 86.1 Å². The Balaban J connectivity index is 1.65. The average molecular weight is 435 g/mol. The summed E-state index contributed by atoms with van der Waals surface area (Å²) in [4.78, 5) is 25.3. The number of nitrogens with zero attached hydrogens (tertiary/aromatic N) is 3. The highest BCUT2D eigenvalue weighted by Crippen LogP contribution is 2.29. The van der Waals surface area contributed by atoms with E-state index in [9.17, 15) is 14.0 Å². The third kappa shape index (κ3) is 5.01. The molecule has 10 heteroatoms. The van der Waals surface area contributed by atoms with Gasteiger partial charge in [0.15, 0.2) is 11.0 Å². The Hall–Kier alpha value is -2.72. The van der Waals surface area contributed by atoms with Gasteiger partial charge in [0.2, 0.25) is 5.91 Å². The molecule has 1 N–H and O–H groups in total. The lowest BCUT2D eigenvalue weighted by molar-refractivity contribution is -0.113. The monoisotopic (exact) mass is 434 g/mol. The highest BCUT2D eigenvalue weighted by molar-refractivity contribution is 7.99. The highest BCUT2D eigenvalue weighted by Gasteiger charge is 2.19. The number of benzene rings is 1. The molecule has 0 unspecified atom stereocenters. The second kappa shape index (κ2) is 9.19. The number of nitrogens with one attached hydrogen (secondary N) is 1. The van der Waals surface area contributed by atoms with E-state index in [2.05, 4.69) is 15.5 Å². The van der Waals surface area contributed by atoms with Gasteiger partial charge in [0.1, 0.15) is 10.8 Å². The lowest BCUT2D eigenvalue weighted by Gasteiger charge is -2.06. The molecule has 0 saturated carbocycles. The summed E-state index contributed by atoms with van der Waals surface area (Å²) in [6, 6.07) is 7.65. The maximum absolute atomic E-state index is 13.1. The number of carbonyl (C=O) groups is 2. The van der Waals surface area contributed by atoms with Crippen LogP contribution in [0.1, 0.15) is 22.2 Å². The summed E-state index contributed by atoms with van der Waals surface area (Å²) >= 11 is 2.53. The Morgan fingerprint density at radius 2 is 2.00 bits per heavy atom. The molecule has 3 rings (SSSR count). The van der Waals surface area contributed by atoms with Gasteiger partial charge < -0.3 is 14.6 Å². The minimum atomic E-state index is -0.461. The van der Waals surface area contributed by atoms with Crippen LogP contribution in [0.5, 0.6) is 0 Å². The lowest BCUT2D eigenvalue weighted by Crippen LogP contribution is -2.16. The number of ether oxygens (including phenoxy) is 1. The molecular weight excluding hydrogens is 415 g/mol. The first-order valence-electron chi connectivity index (χ1n) is 8.74. The fourth-order valence-corrected chi connectivity index (χ4v) is 4.18. The summed E-state index contributed by atoms with van der Waals surface area (Å²) in [5.41, 5.74) is 1.08. The van der Waals surface area contributed by atoms with E-state index in [-0.39, 0.29) is 24.1 Å². The minimum Gasteiger partial charge on any atom is -0.462 e. The molecule has 1 amide bonds. The molecular formula is C19H19FN4O3S2. The fourth-order valence-electron chi connectivity index (χ4n) is 2.55. The van der Waals surface area contributed by atoms with Crippen LogP contribution in [0, 0.1) is 12.7 Å². The van der Waals surface area contributed by atoms with Gasteiger partial charge >= 0.3 is 5.97 Å². The van der Waals surface area contributed by atoms with Crippen molar-refractivity contribution in [3.05, 3.63) is 46.6 Å². The van der Waals surface area contributed by atoms with Gasteiger partial charge in [0, 0.05) is 17.5 Å². The molecule has 0 aliphatic carbocycles. The molecule has 0 spiro atoms. The zero-order valence-corrected chi connectivity index (χ0v) is 17.7. The average Bonchev–Trinajstić information content (AvgIpc) is 3.23. The Morgan fingerprint density at radius 1 is 1.28 bits per heavy atom. The van der Waals surface area contributed by atoms with E-state index < -0.39 is 5.97 Å². The molecule has 7 nitrogen and oxygen atoms in total. The summed E-state index contributed by atoms with van der Waals surface area (Å²) in [5, 5.41) is 12.0. The van der Waals surface area contributed by atoms with Gasteiger partial charge in [-0.3, -0.25) is 4.79 Å². The Morgan fingerprint density at radius 3 is 2.69 bits per heavy atom. The number of amides is 1. The number of carbonyl (C=O) groups excluding carboxylic acids is 2. The van der Waals surface area contributed by atoms with E-state index in [4.69, 9.17) is 4.74 Å². The Kier molecular flexibility index (Phi) is 6.65. The minimum absolute atomic E-state index is 0.0919. The number of hydrogen-bond acceptors (Lipinski definition) is 7. The molecule has 0 radical (unpaired) electrons. The molecule has 0 aliphatic rings. The molecule has 29 heavy (non-hydrogen) atoms. The van der Waals surface area contributed by atoms with E-state index in [1.807, 2.05) is 6.92 Å². The van der Waals surface area contributed by atoms with Gasteiger partial charge in [0.25, 0.3) is 0 Å². The van der Waals surface area contributed by atoms with Crippen LogP contribution < -0.4 is 5.32 Å². The Labute approximate surface area is 175 Å². The summed E-state index contributed by atoms with van der Waals surface area (Å²) in [6.07, 6.45) is 0. The van der Waals surface area contributed by atoms with Crippen LogP contribution in [0.15, 0.2) is 35.5 Å². The second-order valence-corrected chi connectivity index (χ2v) is 8.23. The zero-order valence-electron chi connectivity index (χ0n) is 16.1. The van der Waals surface area contributed by atoms with Crippen molar-refractivity contribution < 1.29 is 18.7 Å². The van der Waals surface area contributed by atoms with Crippen molar-refractivity contribution in [3.8, 4) is 11.4 Å². The van der Waals surface area contributed by atoms with E-state index >= 15 is 0 Å². The number of esters is 1. The smallest absolute Gasteiger partial charge is 0.341 e. The number of hydrogen-bond donors (Lipinski definition) is 1. The standard InChI is InChI=1S/C19H19FN4O3S2/c1-4-27-18(26)14-9-11(2)29-17(14)21-15(25)10-28-19-23-22-16(24(19)3)12-5-7-13(20)8-6-12/h5-9H,4,10H2,1-3H3,(H,21,25). The van der Waals surface area contributed by atoms with Crippen molar-refractivity contribution in [2.45, 2.75) is 19.0 Å². The van der Waals surface area contributed by atoms with Crippen LogP contribution in [0.2, 0.25) is 0 Å². The number of thioether (sulfide) groups is 1. The van der Waals surface area contributed by atoms with E-state index in [0.29, 0.717) is 21.5 Å². The van der Waals surface area contributed by atoms with Crippen LogP contribution in [0.25, 0.3) is 11.4 Å². The molecule has 0 aliphatic heterocycles. The van der Waals surface area contributed by atoms with Crippen molar-refractivity contribution in [1.82, 2.24) is 14.8 Å². The van der Waals surface area contributed by atoms with Gasteiger partial charge in [-0.25, -0.2) is 9.18 Å². The third-order valence-electron chi connectivity index (χ3n) is 3.87. The number of halogens is 1. The SMILES string of the molecule is CCOC(=O)c1cc(C)sc1NC(=O)CSc1nnc(-c2ccc(F)cc2)n1C. The van der Waals surface area contributed by atoms with Crippen LogP contribution in [-0.2, 0) is 16.6 Å². The largest absolute Gasteiger partial charge is 0.462 e. The van der Waals surface area contributed by atoms with Crippen LogP contribution in [0.3, 0.4) is 0 Å². The van der Waals surface area contributed by atoms with Crippen molar-refractivity contribution in [1.29, 1.82) is 0 Å². The molecule has 3 aromatic rings. The number of anilines is 1. The first kappa shape index (κ1) is 21.0. The van der Waals surface area contributed by atoms with Crippen LogP contribution in [0.4, 0.5) is 9.39 Å². The summed E-state index contributed by atoms with van der Waals surface area (Å²) in [5.74, 6) is -0.389. The van der Waals surface area contributed by atoms with E-state index in [0.717, 1.165) is 10.4 Å². The van der Waals surface area contributed by atoms with Gasteiger partial charge in [-0.1, -0.05) is 11.8 Å². The van der Waals surface area contributed by atoms with E-state index in [1.54, 1.807) is 36.7 Å². The number of aryl methyl sites for hydroxylation is 1. The van der Waals surface area contributed by atoms with Crippen molar-refractivity contribution >= 4 is 40.0 Å². The molecule has 1 aromatic carbocycles. The molecule has 0 bridgehead atoms. The molecule has 0 saturated heterocycles. The number of thiophene rings is 1. The van der Waals surface area contributed by atoms with Crippen LogP contribution >= 0.6 is 23.1 Å². The summed E-state index contributed by atoms with van der Waals surface area (Å²) < 4.78 is 19.9. The van der Waals surface area contributed by atoms with Gasteiger partial charge in [0.05, 0.1) is 17.9 Å². The highest BCUT2D eigenvalue weighted by atomic mass is 32.2. The predicted molar refractivity (Wildman–Crippen MR) is 111 cm³/mol. The molecule has 0 atom stereocenters. The Bertz CT molecular complexity index is 1030. The van der Waals surface area contributed by atoms with Crippen molar-refractivity contribution in [3.63, 3.8) is 0 Å². The predicted octanol–water partition coefficient (Wildman–Crippen LogP) is 3.90. The van der Waals surface area contributed by atoms with Gasteiger partial charge in [-0.15, -0.1) is 21.5 Å².